The molecule has 3 nitrogen and oxygen atoms in total. The molecule has 5 heteroatoms. The Hall–Kier alpha value is 0.577. The van der Waals surface area contributed by atoms with Crippen molar-refractivity contribution in [1.82, 2.24) is 0 Å². The van der Waals surface area contributed by atoms with E-state index in [0.29, 0.717) is 4.83 Å². The maximum atomic E-state index is 5.50. The van der Waals surface area contributed by atoms with Crippen LogP contribution in [-0.2, 0) is 13.9 Å². The molecule has 0 aromatic carbocycles. The Bertz CT molecular complexity index is 117. The van der Waals surface area contributed by atoms with Crippen molar-refractivity contribution in [2.45, 2.75) is 30.7 Å². The first-order valence-corrected chi connectivity index (χ1v) is 6.41. The van der Waals surface area contributed by atoms with Gasteiger partial charge in [0.05, 0.1) is 0 Å². The minimum absolute atomic E-state index is 0.516. The van der Waals surface area contributed by atoms with Gasteiger partial charge in [0.2, 0.25) is 0 Å². The third-order valence-corrected chi connectivity index (χ3v) is 4.75. The molecule has 0 spiro atoms. The highest BCUT2D eigenvalue weighted by molar-refractivity contribution is 9.09. The molecule has 0 amide bonds. The molecule has 0 N–H and O–H groups in total. The van der Waals surface area contributed by atoms with Gasteiger partial charge in [-0.3, -0.25) is 0 Å². The van der Waals surface area contributed by atoms with E-state index in [4.69, 9.17) is 13.9 Å². The van der Waals surface area contributed by atoms with E-state index >= 15 is 0 Å². The number of hydrogen-bond donors (Lipinski definition) is 0. The number of halogens is 1. The van der Waals surface area contributed by atoms with Crippen LogP contribution in [0.25, 0.3) is 0 Å². The van der Waals surface area contributed by atoms with Crippen LogP contribution in [0.3, 0.4) is 0 Å². The Balaban J connectivity index is 3.58. The summed E-state index contributed by atoms with van der Waals surface area (Å²) in [6.07, 6.45) is 0. The van der Waals surface area contributed by atoms with Crippen molar-refractivity contribution in [2.75, 3.05) is 14.2 Å². The summed E-state index contributed by atoms with van der Waals surface area (Å²) >= 11 is 3.46. The van der Waals surface area contributed by atoms with Crippen molar-refractivity contribution in [3.63, 3.8) is 0 Å². The van der Waals surface area contributed by atoms with Crippen LogP contribution in [0.1, 0.15) is 13.8 Å². The van der Waals surface area contributed by atoms with Crippen molar-refractivity contribution in [3.05, 3.63) is 0 Å². The Labute approximate surface area is 84.8 Å². The lowest BCUT2D eigenvalue weighted by Crippen LogP contribution is -2.34. The van der Waals surface area contributed by atoms with Gasteiger partial charge in [0.15, 0.2) is 9.76 Å². The third-order valence-electron chi connectivity index (χ3n) is 1.62. The average molecular weight is 257 g/mol. The van der Waals surface area contributed by atoms with E-state index < -0.39 is 15.7 Å². The molecule has 0 aliphatic carbocycles. The second-order valence-electron chi connectivity index (χ2n) is 2.69. The summed E-state index contributed by atoms with van der Waals surface area (Å²) < 4.78 is 15.6. The Kier molecular flexibility index (Phi) is 6.39. The molecule has 0 saturated heterocycles. The fourth-order valence-electron chi connectivity index (χ4n) is 0.608. The summed E-state index contributed by atoms with van der Waals surface area (Å²) in [4.78, 5) is 0.516. The van der Waals surface area contributed by atoms with Gasteiger partial charge in [-0.1, -0.05) is 22.9 Å². The molecule has 0 rings (SSSR count). The van der Waals surface area contributed by atoms with Crippen molar-refractivity contribution in [2.24, 2.45) is 0 Å². The van der Waals surface area contributed by atoms with Gasteiger partial charge in [0.1, 0.15) is 0 Å². The number of ether oxygens (including phenoxy) is 2. The van der Waals surface area contributed by atoms with Gasteiger partial charge in [-0.15, -0.1) is 0 Å². The predicted octanol–water partition coefficient (Wildman–Crippen LogP) is 1.25. The van der Waals surface area contributed by atoms with Crippen LogP contribution < -0.4 is 0 Å². The minimum atomic E-state index is -0.839. The van der Waals surface area contributed by atoms with E-state index in [1.54, 1.807) is 21.1 Å². The van der Waals surface area contributed by atoms with E-state index in [0.717, 1.165) is 6.04 Å². The molecule has 74 valence electrons. The Morgan fingerprint density at radius 2 is 1.92 bits per heavy atom. The fourth-order valence-corrected chi connectivity index (χ4v) is 2.22. The minimum Gasteiger partial charge on any atom is -0.376 e. The smallest absolute Gasteiger partial charge is 0.269 e. The maximum absolute atomic E-state index is 5.50. The van der Waals surface area contributed by atoms with Crippen LogP contribution in [-0.4, -0.2) is 34.8 Å². The highest BCUT2D eigenvalue weighted by Gasteiger charge is 2.22. The highest BCUT2D eigenvalue weighted by atomic mass is 79.9. The molecule has 1 unspecified atom stereocenters. The van der Waals surface area contributed by atoms with Crippen molar-refractivity contribution >= 4 is 25.7 Å². The van der Waals surface area contributed by atoms with Crippen LogP contribution in [0.5, 0.6) is 0 Å². The van der Waals surface area contributed by atoms with Crippen molar-refractivity contribution in [3.8, 4) is 0 Å². The predicted molar refractivity (Wildman–Crippen MR) is 55.2 cm³/mol. The average Bonchev–Trinajstić information content (AvgIpc) is 2.03. The van der Waals surface area contributed by atoms with Crippen LogP contribution in [0, 0.1) is 0 Å². The molecule has 1 atom stereocenters. The normalized spacial score (nSPS) is 15.8. The molecule has 0 bridgehead atoms. The summed E-state index contributed by atoms with van der Waals surface area (Å²) in [5, 5.41) is 0. The Morgan fingerprint density at radius 1 is 1.42 bits per heavy atom. The van der Waals surface area contributed by atoms with Gasteiger partial charge >= 0.3 is 0 Å². The molecule has 12 heavy (non-hydrogen) atoms. The summed E-state index contributed by atoms with van der Waals surface area (Å²) in [7, 11) is 2.60. The van der Waals surface area contributed by atoms with Gasteiger partial charge in [-0.05, 0) is 6.04 Å². The summed E-state index contributed by atoms with van der Waals surface area (Å²) in [6.45, 7) is 3.88. The Morgan fingerprint density at radius 3 is 2.25 bits per heavy atom. The number of methoxy groups -OCH3 is 2. The van der Waals surface area contributed by atoms with Gasteiger partial charge in [0, 0.05) is 26.0 Å². The SMILES string of the molecule is COC(C)(OC)O[SiH2]CC(C)Br. The summed E-state index contributed by atoms with van der Waals surface area (Å²) in [6, 6.07) is 1.07. The van der Waals surface area contributed by atoms with Gasteiger partial charge in [-0.25, -0.2) is 0 Å². The largest absolute Gasteiger partial charge is 0.376 e. The standard InChI is InChI=1S/C7H17BrO3Si/c1-6(8)5-12-11-7(2,9-3)10-4/h6H,5,12H2,1-4H3. The van der Waals surface area contributed by atoms with Crippen LogP contribution >= 0.6 is 15.9 Å². The fraction of sp³-hybridized carbons (Fsp3) is 1.00. The number of alkyl halides is 1. The highest BCUT2D eigenvalue weighted by Crippen LogP contribution is 2.12. The molecule has 0 aliphatic rings. The third kappa shape index (κ3) is 5.26. The lowest BCUT2D eigenvalue weighted by molar-refractivity contribution is -0.310. The molecule has 0 aromatic rings. The zero-order chi connectivity index (χ0) is 9.61. The zero-order valence-electron chi connectivity index (χ0n) is 8.09. The van der Waals surface area contributed by atoms with Crippen LogP contribution in [0.4, 0.5) is 0 Å². The second kappa shape index (κ2) is 6.10. The first-order chi connectivity index (χ1) is 5.54. The summed E-state index contributed by atoms with van der Waals surface area (Å²) in [5.41, 5.74) is 0. The zero-order valence-corrected chi connectivity index (χ0v) is 11.1. The van der Waals surface area contributed by atoms with E-state index in [9.17, 15) is 0 Å². The molecule has 0 radical (unpaired) electrons. The number of rotatable bonds is 6. The lowest BCUT2D eigenvalue weighted by atomic mass is 10.6. The topological polar surface area (TPSA) is 27.7 Å². The van der Waals surface area contributed by atoms with E-state index in [1.807, 2.05) is 0 Å². The molecular weight excluding hydrogens is 240 g/mol. The first kappa shape index (κ1) is 12.6. The molecule has 0 aliphatic heterocycles. The monoisotopic (exact) mass is 256 g/mol. The van der Waals surface area contributed by atoms with Crippen molar-refractivity contribution in [1.29, 1.82) is 0 Å². The molecule has 0 fully saturated rings. The molecule has 0 heterocycles. The van der Waals surface area contributed by atoms with Gasteiger partial charge in [0.25, 0.3) is 5.97 Å². The first-order valence-electron chi connectivity index (χ1n) is 3.92. The molecule has 0 aromatic heterocycles. The van der Waals surface area contributed by atoms with E-state index in [-0.39, 0.29) is 0 Å². The van der Waals surface area contributed by atoms with E-state index in [2.05, 4.69) is 22.9 Å². The van der Waals surface area contributed by atoms with Gasteiger partial charge < -0.3 is 13.9 Å². The molecular formula is C7H17BrO3Si. The number of hydrogen-bond acceptors (Lipinski definition) is 3. The summed E-state index contributed by atoms with van der Waals surface area (Å²) in [5.74, 6) is -0.839. The van der Waals surface area contributed by atoms with Crippen LogP contribution in [0.15, 0.2) is 0 Å². The second-order valence-corrected chi connectivity index (χ2v) is 5.53. The van der Waals surface area contributed by atoms with Gasteiger partial charge in [-0.2, -0.15) is 0 Å². The van der Waals surface area contributed by atoms with Crippen molar-refractivity contribution < 1.29 is 13.9 Å². The molecule has 0 saturated carbocycles. The quantitative estimate of drug-likeness (QED) is 0.407. The maximum Gasteiger partial charge on any atom is 0.269 e. The van der Waals surface area contributed by atoms with E-state index in [1.165, 1.54) is 0 Å². The van der Waals surface area contributed by atoms with Crippen LogP contribution in [0.2, 0.25) is 6.04 Å². The lowest BCUT2D eigenvalue weighted by Gasteiger charge is -2.26.